The lowest BCUT2D eigenvalue weighted by Crippen LogP contribution is -2.33. The van der Waals surface area contributed by atoms with Gasteiger partial charge in [0, 0.05) is 0 Å². The lowest BCUT2D eigenvalue weighted by atomic mass is 10.1. The summed E-state index contributed by atoms with van der Waals surface area (Å²) in [5.41, 5.74) is 1.14. The molecule has 25 heavy (non-hydrogen) atoms. The number of carboxylic acids is 1. The molecule has 0 fully saturated rings. The van der Waals surface area contributed by atoms with Gasteiger partial charge in [0.1, 0.15) is 18.9 Å². The summed E-state index contributed by atoms with van der Waals surface area (Å²) in [5.74, 6) is -1.90. The molecule has 0 aromatic heterocycles. The Bertz CT molecular complexity index is 675. The third-order valence-electron chi connectivity index (χ3n) is 3.47. The summed E-state index contributed by atoms with van der Waals surface area (Å²) in [6, 6.07) is 17.3. The zero-order valence-electron chi connectivity index (χ0n) is 13.5. The van der Waals surface area contributed by atoms with E-state index in [0.29, 0.717) is 5.56 Å². The van der Waals surface area contributed by atoms with Crippen LogP contribution in [0.2, 0.25) is 0 Å². The van der Waals surface area contributed by atoms with Crippen molar-refractivity contribution in [3.8, 4) is 0 Å². The molecule has 2 atom stereocenters. The standard InChI is InChI=1S/C19H19FO5/c20-16(11-18(21)22)17(24-12-14-7-3-1-4-8-14)13-25-19(23)15-9-5-2-6-10-15/h1-10,16-17H,11-13H2,(H,21,22)/t16-,17+/m0/s1. The fourth-order valence-electron chi connectivity index (χ4n) is 2.15. The van der Waals surface area contributed by atoms with Gasteiger partial charge in [-0.1, -0.05) is 48.5 Å². The molecule has 0 spiro atoms. The quantitative estimate of drug-likeness (QED) is 0.706. The van der Waals surface area contributed by atoms with Crippen molar-refractivity contribution < 1.29 is 28.6 Å². The number of halogens is 1. The maximum absolute atomic E-state index is 14.2. The number of hydrogen-bond acceptors (Lipinski definition) is 4. The number of aliphatic carboxylic acids is 1. The van der Waals surface area contributed by atoms with Gasteiger partial charge in [-0.05, 0) is 17.7 Å². The average Bonchev–Trinajstić information content (AvgIpc) is 2.62. The van der Waals surface area contributed by atoms with Crippen LogP contribution in [0.4, 0.5) is 4.39 Å². The SMILES string of the molecule is O=C(O)C[C@H](F)[C@@H](COC(=O)c1ccccc1)OCc1ccccc1. The van der Waals surface area contributed by atoms with Crippen LogP contribution in [-0.4, -0.2) is 35.9 Å². The van der Waals surface area contributed by atoms with Crippen molar-refractivity contribution in [1.29, 1.82) is 0 Å². The van der Waals surface area contributed by atoms with Crippen LogP contribution in [0.1, 0.15) is 22.3 Å². The van der Waals surface area contributed by atoms with Crippen LogP contribution < -0.4 is 0 Å². The lowest BCUT2D eigenvalue weighted by Gasteiger charge is -2.20. The van der Waals surface area contributed by atoms with E-state index in [9.17, 15) is 14.0 Å². The van der Waals surface area contributed by atoms with Gasteiger partial charge in [-0.3, -0.25) is 4.79 Å². The van der Waals surface area contributed by atoms with E-state index in [1.165, 1.54) is 0 Å². The molecule has 2 aromatic rings. The van der Waals surface area contributed by atoms with E-state index in [1.807, 2.05) is 18.2 Å². The largest absolute Gasteiger partial charge is 0.481 e. The molecule has 2 aromatic carbocycles. The van der Waals surface area contributed by atoms with E-state index in [1.54, 1.807) is 42.5 Å². The second kappa shape index (κ2) is 9.54. The molecule has 0 saturated carbocycles. The van der Waals surface area contributed by atoms with Gasteiger partial charge in [0.05, 0.1) is 18.6 Å². The third-order valence-corrected chi connectivity index (χ3v) is 3.47. The van der Waals surface area contributed by atoms with E-state index in [2.05, 4.69) is 0 Å². The monoisotopic (exact) mass is 346 g/mol. The highest BCUT2D eigenvalue weighted by molar-refractivity contribution is 5.89. The maximum Gasteiger partial charge on any atom is 0.338 e. The fourth-order valence-corrected chi connectivity index (χ4v) is 2.15. The molecular weight excluding hydrogens is 327 g/mol. The van der Waals surface area contributed by atoms with Crippen molar-refractivity contribution in [2.75, 3.05) is 6.61 Å². The molecule has 2 rings (SSSR count). The van der Waals surface area contributed by atoms with Gasteiger partial charge in [-0.2, -0.15) is 0 Å². The first-order valence-electron chi connectivity index (χ1n) is 7.80. The van der Waals surface area contributed by atoms with Gasteiger partial charge in [-0.25, -0.2) is 9.18 Å². The predicted octanol–water partition coefficient (Wildman–Crippen LogP) is 3.24. The summed E-state index contributed by atoms with van der Waals surface area (Å²) in [6.45, 7) is -0.274. The summed E-state index contributed by atoms with van der Waals surface area (Å²) in [5, 5.41) is 8.77. The normalized spacial score (nSPS) is 13.0. The topological polar surface area (TPSA) is 72.8 Å². The molecule has 0 unspecified atom stereocenters. The third kappa shape index (κ3) is 6.35. The Morgan fingerprint density at radius 3 is 2.20 bits per heavy atom. The number of rotatable bonds is 9. The summed E-state index contributed by atoms with van der Waals surface area (Å²) in [6.07, 6.45) is -3.67. The van der Waals surface area contributed by atoms with Gasteiger partial charge in [0.25, 0.3) is 0 Å². The van der Waals surface area contributed by atoms with Crippen LogP contribution in [0, 0.1) is 0 Å². The predicted molar refractivity (Wildman–Crippen MR) is 88.9 cm³/mol. The minimum atomic E-state index is -1.79. The van der Waals surface area contributed by atoms with Crippen LogP contribution >= 0.6 is 0 Å². The average molecular weight is 346 g/mol. The molecule has 5 nitrogen and oxygen atoms in total. The van der Waals surface area contributed by atoms with Crippen LogP contribution in [0.15, 0.2) is 60.7 Å². The molecule has 132 valence electrons. The van der Waals surface area contributed by atoms with E-state index in [-0.39, 0.29) is 13.2 Å². The number of hydrogen-bond donors (Lipinski definition) is 1. The Morgan fingerprint density at radius 2 is 1.60 bits per heavy atom. The van der Waals surface area contributed by atoms with Crippen molar-refractivity contribution in [3.05, 3.63) is 71.8 Å². The molecule has 0 saturated heterocycles. The van der Waals surface area contributed by atoms with Gasteiger partial charge < -0.3 is 14.6 Å². The van der Waals surface area contributed by atoms with Crippen LogP contribution in [0.3, 0.4) is 0 Å². The highest BCUT2D eigenvalue weighted by atomic mass is 19.1. The number of benzene rings is 2. The van der Waals surface area contributed by atoms with Crippen molar-refractivity contribution in [2.45, 2.75) is 25.3 Å². The second-order valence-electron chi connectivity index (χ2n) is 5.41. The van der Waals surface area contributed by atoms with E-state index in [0.717, 1.165) is 5.56 Å². The van der Waals surface area contributed by atoms with Gasteiger partial charge >= 0.3 is 11.9 Å². The Morgan fingerprint density at radius 1 is 1.00 bits per heavy atom. The van der Waals surface area contributed by atoms with Crippen molar-refractivity contribution in [3.63, 3.8) is 0 Å². The van der Waals surface area contributed by atoms with Crippen LogP contribution in [0.25, 0.3) is 0 Å². The number of ether oxygens (including phenoxy) is 2. The van der Waals surface area contributed by atoms with Crippen LogP contribution in [-0.2, 0) is 20.9 Å². The minimum Gasteiger partial charge on any atom is -0.481 e. The summed E-state index contributed by atoms with van der Waals surface area (Å²) in [7, 11) is 0. The number of alkyl halides is 1. The van der Waals surface area contributed by atoms with Crippen molar-refractivity contribution >= 4 is 11.9 Å². The molecule has 0 heterocycles. The highest BCUT2D eigenvalue weighted by Crippen LogP contribution is 2.14. The molecule has 0 radical (unpaired) electrons. The summed E-state index contributed by atoms with van der Waals surface area (Å²) in [4.78, 5) is 22.7. The van der Waals surface area contributed by atoms with E-state index < -0.39 is 30.6 Å². The molecule has 0 bridgehead atoms. The maximum atomic E-state index is 14.2. The summed E-state index contributed by atoms with van der Waals surface area (Å²) >= 11 is 0. The Kier molecular flexibility index (Phi) is 7.10. The van der Waals surface area contributed by atoms with E-state index in [4.69, 9.17) is 14.6 Å². The molecule has 0 aliphatic heterocycles. The van der Waals surface area contributed by atoms with Gasteiger partial charge in [-0.15, -0.1) is 0 Å². The highest BCUT2D eigenvalue weighted by Gasteiger charge is 2.26. The second-order valence-corrected chi connectivity index (χ2v) is 5.41. The first kappa shape index (κ1) is 18.6. The van der Waals surface area contributed by atoms with Gasteiger partial charge in [0.15, 0.2) is 0 Å². The summed E-state index contributed by atoms with van der Waals surface area (Å²) < 4.78 is 24.7. The number of esters is 1. The Labute approximate surface area is 145 Å². The number of carboxylic acid groups (broad SMARTS) is 1. The first-order valence-corrected chi connectivity index (χ1v) is 7.80. The number of carbonyl (C=O) groups excluding carboxylic acids is 1. The van der Waals surface area contributed by atoms with Crippen molar-refractivity contribution in [1.82, 2.24) is 0 Å². The molecule has 0 amide bonds. The van der Waals surface area contributed by atoms with Crippen LogP contribution in [0.5, 0.6) is 0 Å². The number of carbonyl (C=O) groups is 2. The lowest BCUT2D eigenvalue weighted by molar-refractivity contribution is -0.140. The molecule has 0 aliphatic rings. The van der Waals surface area contributed by atoms with Crippen molar-refractivity contribution in [2.24, 2.45) is 0 Å². The fraction of sp³-hybridized carbons (Fsp3) is 0.263. The first-order chi connectivity index (χ1) is 12.1. The molecule has 1 N–H and O–H groups in total. The van der Waals surface area contributed by atoms with E-state index >= 15 is 0 Å². The molecule has 6 heteroatoms. The zero-order chi connectivity index (χ0) is 18.1. The van der Waals surface area contributed by atoms with Gasteiger partial charge in [0.2, 0.25) is 0 Å². The molecular formula is C19H19FO5. The zero-order valence-corrected chi connectivity index (χ0v) is 13.5. The molecule has 0 aliphatic carbocycles. The Balaban J connectivity index is 1.95. The minimum absolute atomic E-state index is 0.0917. The smallest absolute Gasteiger partial charge is 0.338 e. The Hall–Kier alpha value is -2.73.